The van der Waals surface area contributed by atoms with Crippen LogP contribution in [-0.2, 0) is 0 Å². The monoisotopic (exact) mass is 739 g/mol. The van der Waals surface area contributed by atoms with Gasteiger partial charge in [-0.25, -0.2) is 14.8 Å². The summed E-state index contributed by atoms with van der Waals surface area (Å²) < 4.78 is 4.52. The molecule has 11 rings (SSSR count). The fourth-order valence-corrected chi connectivity index (χ4v) is 8.40. The van der Waals surface area contributed by atoms with Gasteiger partial charge in [-0.05, 0) is 88.5 Å². The van der Waals surface area contributed by atoms with Crippen molar-refractivity contribution in [1.82, 2.24) is 19.1 Å². The first-order valence-electron chi connectivity index (χ1n) is 19.4. The highest BCUT2D eigenvalue weighted by Gasteiger charge is 2.18. The molecule has 3 heterocycles. The van der Waals surface area contributed by atoms with Gasteiger partial charge >= 0.3 is 0 Å². The van der Waals surface area contributed by atoms with Gasteiger partial charge in [-0.2, -0.15) is 0 Å². The minimum Gasteiger partial charge on any atom is -0.309 e. The molecule has 58 heavy (non-hydrogen) atoms. The number of aromatic nitrogens is 4. The molecule has 0 amide bonds. The van der Waals surface area contributed by atoms with Crippen molar-refractivity contribution in [2.45, 2.75) is 0 Å². The Labute approximate surface area is 335 Å². The molecule has 0 spiro atoms. The van der Waals surface area contributed by atoms with Gasteiger partial charge in [0.25, 0.3) is 0 Å². The largest absolute Gasteiger partial charge is 0.309 e. The van der Waals surface area contributed by atoms with Gasteiger partial charge < -0.3 is 4.57 Å². The molecule has 0 saturated carbocycles. The fourth-order valence-electron chi connectivity index (χ4n) is 8.40. The molecule has 0 aliphatic heterocycles. The Hall–Kier alpha value is -8.07. The molecule has 0 radical (unpaired) electrons. The average molecular weight is 740 g/mol. The van der Waals surface area contributed by atoms with E-state index in [1.807, 2.05) is 48.5 Å². The van der Waals surface area contributed by atoms with Gasteiger partial charge in [0, 0.05) is 32.8 Å². The highest BCUT2D eigenvalue weighted by Crippen LogP contribution is 2.38. The van der Waals surface area contributed by atoms with Gasteiger partial charge in [-0.1, -0.05) is 140 Å². The van der Waals surface area contributed by atoms with Crippen molar-refractivity contribution < 1.29 is 0 Å². The highest BCUT2D eigenvalue weighted by atomic mass is 15.2. The number of rotatable bonds is 6. The fraction of sp³-hybridized carbons (Fsp3) is 0. The average Bonchev–Trinajstić information content (AvgIpc) is 3.82. The Kier molecular flexibility index (Phi) is 7.80. The van der Waals surface area contributed by atoms with Gasteiger partial charge in [0.05, 0.1) is 40.0 Å². The summed E-state index contributed by atoms with van der Waals surface area (Å²) in [6.45, 7) is 7.61. The Balaban J connectivity index is 1.00. The van der Waals surface area contributed by atoms with Crippen molar-refractivity contribution in [2.24, 2.45) is 0 Å². The van der Waals surface area contributed by atoms with Crippen molar-refractivity contribution in [3.63, 3.8) is 0 Å². The molecule has 0 aliphatic carbocycles. The van der Waals surface area contributed by atoms with Gasteiger partial charge in [-0.15, -0.1) is 0 Å². The quantitative estimate of drug-likeness (QED) is 0.159. The molecule has 0 fully saturated rings. The second-order valence-electron chi connectivity index (χ2n) is 14.5. The third kappa shape index (κ3) is 5.55. The van der Waals surface area contributed by atoms with Crippen molar-refractivity contribution in [2.75, 3.05) is 0 Å². The zero-order valence-electron chi connectivity index (χ0n) is 31.3. The van der Waals surface area contributed by atoms with Crippen molar-refractivity contribution in [3.8, 4) is 56.4 Å². The van der Waals surface area contributed by atoms with Crippen LogP contribution < -0.4 is 0 Å². The molecule has 11 aromatic rings. The summed E-state index contributed by atoms with van der Waals surface area (Å²) >= 11 is 0. The summed E-state index contributed by atoms with van der Waals surface area (Å²) in [5.41, 5.74) is 14.3. The molecular weight excluding hydrogens is 707 g/mol. The van der Waals surface area contributed by atoms with Crippen LogP contribution in [0.3, 0.4) is 0 Å². The molecule has 5 heteroatoms. The molecule has 0 N–H and O–H groups in total. The normalized spacial score (nSPS) is 11.4. The summed E-state index contributed by atoms with van der Waals surface area (Å²) in [7, 11) is 0. The van der Waals surface area contributed by atoms with E-state index in [-0.39, 0.29) is 0 Å². The number of hydrogen-bond acceptors (Lipinski definition) is 2. The standard InChI is InChI=1S/C53H33N5/c1-54-41-16-12-15-40(31-41)48-34-47(37-13-4-2-5-14-37)55-53(56-48)58-50-22-11-9-20-44(50)46-33-39(28-30-52(46)58)36-25-23-35(24-26-36)38-27-29-51-45(32-38)43-19-8-10-21-49(43)57(51)42-17-6-3-7-18-42/h2-34H. The Morgan fingerprint density at radius 2 is 0.828 bits per heavy atom. The maximum atomic E-state index is 7.61. The first kappa shape index (κ1) is 33.3. The molecule has 0 atom stereocenters. The summed E-state index contributed by atoms with van der Waals surface area (Å²) in [4.78, 5) is 14.0. The van der Waals surface area contributed by atoms with E-state index in [4.69, 9.17) is 16.5 Å². The van der Waals surface area contributed by atoms with Crippen LogP contribution in [0.15, 0.2) is 200 Å². The van der Waals surface area contributed by atoms with Crippen LogP contribution in [0.1, 0.15) is 0 Å². The molecule has 0 aliphatic rings. The van der Waals surface area contributed by atoms with Crippen LogP contribution in [0.4, 0.5) is 5.69 Å². The van der Waals surface area contributed by atoms with Crippen molar-refractivity contribution in [3.05, 3.63) is 212 Å². The highest BCUT2D eigenvalue weighted by molar-refractivity contribution is 6.11. The third-order valence-electron chi connectivity index (χ3n) is 11.2. The second kappa shape index (κ2) is 13.6. The summed E-state index contributed by atoms with van der Waals surface area (Å²) in [6, 6.07) is 69.9. The minimum absolute atomic E-state index is 0.574. The number of hydrogen-bond donors (Lipinski definition) is 0. The number of nitrogens with zero attached hydrogens (tertiary/aromatic N) is 5. The molecular formula is C53H33N5. The van der Waals surface area contributed by atoms with Crippen LogP contribution in [0.25, 0.3) is 105 Å². The van der Waals surface area contributed by atoms with E-state index in [0.717, 1.165) is 61.1 Å². The van der Waals surface area contributed by atoms with E-state index >= 15 is 0 Å². The summed E-state index contributed by atoms with van der Waals surface area (Å²) in [5.74, 6) is 0.580. The SMILES string of the molecule is [C-]#[N+]c1cccc(-c2cc(-c3ccccc3)nc(-n3c4ccccc4c4cc(-c5ccc(-c6ccc7c(c6)c6ccccc6n7-c6ccccc6)cc5)ccc43)n2)c1. The minimum atomic E-state index is 0.574. The molecule has 270 valence electrons. The van der Waals surface area contributed by atoms with Gasteiger partial charge in [0.15, 0.2) is 5.69 Å². The van der Waals surface area contributed by atoms with E-state index in [2.05, 4.69) is 166 Å². The van der Waals surface area contributed by atoms with E-state index in [9.17, 15) is 0 Å². The van der Waals surface area contributed by atoms with Crippen LogP contribution in [0.2, 0.25) is 0 Å². The second-order valence-corrected chi connectivity index (χ2v) is 14.5. The van der Waals surface area contributed by atoms with Gasteiger partial charge in [0.1, 0.15) is 0 Å². The maximum absolute atomic E-state index is 7.61. The number of benzene rings is 8. The first-order chi connectivity index (χ1) is 28.7. The lowest BCUT2D eigenvalue weighted by molar-refractivity contribution is 0.996. The van der Waals surface area contributed by atoms with E-state index < -0.39 is 0 Å². The zero-order valence-corrected chi connectivity index (χ0v) is 31.3. The summed E-state index contributed by atoms with van der Waals surface area (Å²) in [5, 5.41) is 4.74. The zero-order chi connectivity index (χ0) is 38.6. The van der Waals surface area contributed by atoms with E-state index in [1.165, 1.54) is 32.9 Å². The van der Waals surface area contributed by atoms with Crippen LogP contribution in [0, 0.1) is 6.57 Å². The predicted octanol–water partition coefficient (Wildman–Crippen LogP) is 13.9. The molecule has 0 saturated heterocycles. The summed E-state index contributed by atoms with van der Waals surface area (Å²) in [6.07, 6.45) is 0. The lowest BCUT2D eigenvalue weighted by atomic mass is 9.98. The van der Waals surface area contributed by atoms with E-state index in [0.29, 0.717) is 11.6 Å². The first-order valence-corrected chi connectivity index (χ1v) is 19.4. The van der Waals surface area contributed by atoms with Gasteiger partial charge in [-0.3, -0.25) is 4.57 Å². The van der Waals surface area contributed by atoms with Crippen LogP contribution in [-0.4, -0.2) is 19.1 Å². The van der Waals surface area contributed by atoms with E-state index in [1.54, 1.807) is 0 Å². The van der Waals surface area contributed by atoms with Gasteiger partial charge in [0.2, 0.25) is 5.95 Å². The van der Waals surface area contributed by atoms with Crippen LogP contribution >= 0.6 is 0 Å². The van der Waals surface area contributed by atoms with Crippen molar-refractivity contribution in [1.29, 1.82) is 0 Å². The molecule has 8 aromatic carbocycles. The number of para-hydroxylation sites is 3. The smallest absolute Gasteiger partial charge is 0.235 e. The van der Waals surface area contributed by atoms with Crippen LogP contribution in [0.5, 0.6) is 0 Å². The maximum Gasteiger partial charge on any atom is 0.235 e. The topological polar surface area (TPSA) is 40.0 Å². The predicted molar refractivity (Wildman–Crippen MR) is 239 cm³/mol. The van der Waals surface area contributed by atoms with Crippen molar-refractivity contribution >= 4 is 49.3 Å². The Morgan fingerprint density at radius 1 is 0.345 bits per heavy atom. The lowest BCUT2D eigenvalue weighted by Crippen LogP contribution is -2.04. The third-order valence-corrected chi connectivity index (χ3v) is 11.2. The molecule has 3 aromatic heterocycles. The Morgan fingerprint density at radius 3 is 1.45 bits per heavy atom. The molecule has 5 nitrogen and oxygen atoms in total. The molecule has 0 unspecified atom stereocenters. The molecule has 0 bridgehead atoms. The lowest BCUT2D eigenvalue weighted by Gasteiger charge is -2.12. The number of fused-ring (bicyclic) bond motifs is 6. The Bertz CT molecular complexity index is 3390.